The van der Waals surface area contributed by atoms with Gasteiger partial charge in [-0.15, -0.1) is 0 Å². The highest BCUT2D eigenvalue weighted by Gasteiger charge is 2.14. The Morgan fingerprint density at radius 1 is 0.828 bits per heavy atom. The molecule has 0 saturated carbocycles. The first-order valence-corrected chi connectivity index (χ1v) is 11.3. The van der Waals surface area contributed by atoms with Crippen LogP contribution < -0.4 is 10.6 Å². The van der Waals surface area contributed by atoms with Crippen molar-refractivity contribution >= 4 is 21.6 Å². The quantitative estimate of drug-likeness (QED) is 0.607. The fourth-order valence-corrected chi connectivity index (χ4v) is 3.82. The number of anilines is 1. The predicted octanol–water partition coefficient (Wildman–Crippen LogP) is 4.43. The fourth-order valence-electron chi connectivity index (χ4n) is 3.19. The topological polar surface area (TPSA) is 75.3 Å². The van der Waals surface area contributed by atoms with Gasteiger partial charge < -0.3 is 10.6 Å². The number of benzene rings is 3. The normalized spacial score (nSPS) is 11.2. The molecule has 3 aromatic rings. The smallest absolute Gasteiger partial charge is 0.319 e. The second-order valence-electron chi connectivity index (χ2n) is 6.84. The third-order valence-corrected chi connectivity index (χ3v) is 5.79. The molecule has 0 saturated heterocycles. The van der Waals surface area contributed by atoms with E-state index in [-0.39, 0.29) is 16.8 Å². The van der Waals surface area contributed by atoms with E-state index in [0.29, 0.717) is 12.2 Å². The molecule has 0 radical (unpaired) electrons. The SMILES string of the molecule is CS(=O)(=O)c1ccc(NC(=O)NCCC(c2ccccc2)c2ccccc2)cc1. The highest BCUT2D eigenvalue weighted by Crippen LogP contribution is 2.27. The van der Waals surface area contributed by atoms with Crippen LogP contribution >= 0.6 is 0 Å². The number of nitrogens with one attached hydrogen (secondary N) is 2. The van der Waals surface area contributed by atoms with Crippen molar-refractivity contribution in [2.75, 3.05) is 18.1 Å². The zero-order valence-corrected chi connectivity index (χ0v) is 17.0. The third kappa shape index (κ3) is 5.93. The van der Waals surface area contributed by atoms with Gasteiger partial charge in [-0.3, -0.25) is 0 Å². The number of hydrogen-bond acceptors (Lipinski definition) is 3. The van der Waals surface area contributed by atoms with E-state index < -0.39 is 9.84 Å². The largest absolute Gasteiger partial charge is 0.338 e. The van der Waals surface area contributed by atoms with Crippen molar-refractivity contribution in [3.63, 3.8) is 0 Å². The maximum atomic E-state index is 12.2. The number of carbonyl (C=O) groups excluding carboxylic acids is 1. The van der Waals surface area contributed by atoms with E-state index in [1.807, 2.05) is 36.4 Å². The molecule has 0 atom stereocenters. The fraction of sp³-hybridized carbons (Fsp3) is 0.174. The summed E-state index contributed by atoms with van der Waals surface area (Å²) in [5.41, 5.74) is 2.95. The van der Waals surface area contributed by atoms with Crippen LogP contribution in [0.4, 0.5) is 10.5 Å². The molecule has 3 rings (SSSR count). The first-order valence-electron chi connectivity index (χ1n) is 9.38. The Labute approximate surface area is 171 Å². The number of hydrogen-bond donors (Lipinski definition) is 2. The van der Waals surface area contributed by atoms with E-state index in [1.54, 1.807) is 12.1 Å². The Bertz CT molecular complexity index is 995. The van der Waals surface area contributed by atoms with Crippen LogP contribution in [0.3, 0.4) is 0 Å². The molecule has 3 aromatic carbocycles. The Kier molecular flexibility index (Phi) is 6.67. The molecule has 0 fully saturated rings. The summed E-state index contributed by atoms with van der Waals surface area (Å²) < 4.78 is 23.0. The molecule has 6 heteroatoms. The standard InChI is InChI=1S/C23H24N2O3S/c1-29(27,28)21-14-12-20(13-15-21)25-23(26)24-17-16-22(18-8-4-2-5-9-18)19-10-6-3-7-11-19/h2-15,22H,16-17H2,1H3,(H2,24,25,26). The number of sulfone groups is 1. The lowest BCUT2D eigenvalue weighted by atomic mass is 9.88. The second kappa shape index (κ2) is 9.39. The summed E-state index contributed by atoms with van der Waals surface area (Å²) in [6.45, 7) is 0.502. The molecule has 5 nitrogen and oxygen atoms in total. The summed E-state index contributed by atoms with van der Waals surface area (Å²) in [7, 11) is -3.25. The van der Waals surface area contributed by atoms with Crippen molar-refractivity contribution in [2.45, 2.75) is 17.2 Å². The summed E-state index contributed by atoms with van der Waals surface area (Å²) in [6.07, 6.45) is 1.91. The van der Waals surface area contributed by atoms with Gasteiger partial charge in [0.05, 0.1) is 4.90 Å². The first-order chi connectivity index (χ1) is 13.9. The van der Waals surface area contributed by atoms with E-state index in [0.717, 1.165) is 12.7 Å². The molecule has 0 unspecified atom stereocenters. The molecule has 0 aliphatic carbocycles. The van der Waals surface area contributed by atoms with Gasteiger partial charge >= 0.3 is 6.03 Å². The third-order valence-electron chi connectivity index (χ3n) is 4.66. The van der Waals surface area contributed by atoms with Gasteiger partial charge in [0.2, 0.25) is 0 Å². The highest BCUT2D eigenvalue weighted by molar-refractivity contribution is 7.90. The van der Waals surface area contributed by atoms with Gasteiger partial charge in [-0.25, -0.2) is 13.2 Å². The van der Waals surface area contributed by atoms with Crippen LogP contribution in [-0.4, -0.2) is 27.2 Å². The van der Waals surface area contributed by atoms with Crippen LogP contribution in [0, 0.1) is 0 Å². The van der Waals surface area contributed by atoms with Crippen molar-refractivity contribution in [2.24, 2.45) is 0 Å². The molecule has 150 valence electrons. The number of rotatable bonds is 7. The van der Waals surface area contributed by atoms with E-state index in [9.17, 15) is 13.2 Å². The summed E-state index contributed by atoms with van der Waals surface area (Å²) in [5, 5.41) is 5.61. The maximum absolute atomic E-state index is 12.2. The first kappa shape index (κ1) is 20.6. The predicted molar refractivity (Wildman–Crippen MR) is 116 cm³/mol. The average Bonchev–Trinajstić information content (AvgIpc) is 2.72. The molecule has 2 amide bonds. The van der Waals surface area contributed by atoms with Crippen LogP contribution in [-0.2, 0) is 9.84 Å². The Morgan fingerprint density at radius 3 is 1.83 bits per heavy atom. The van der Waals surface area contributed by atoms with Crippen molar-refractivity contribution in [1.29, 1.82) is 0 Å². The molecular formula is C23H24N2O3S. The van der Waals surface area contributed by atoms with Gasteiger partial charge in [-0.2, -0.15) is 0 Å². The van der Waals surface area contributed by atoms with Gasteiger partial charge in [-0.1, -0.05) is 60.7 Å². The Morgan fingerprint density at radius 2 is 1.34 bits per heavy atom. The lowest BCUT2D eigenvalue weighted by Crippen LogP contribution is -2.30. The minimum atomic E-state index is -3.25. The average molecular weight is 409 g/mol. The summed E-state index contributed by atoms with van der Waals surface area (Å²) >= 11 is 0. The lowest BCUT2D eigenvalue weighted by Gasteiger charge is -2.18. The maximum Gasteiger partial charge on any atom is 0.319 e. The van der Waals surface area contributed by atoms with E-state index >= 15 is 0 Å². The van der Waals surface area contributed by atoms with Crippen LogP contribution in [0.1, 0.15) is 23.5 Å². The Hall–Kier alpha value is -3.12. The summed E-state index contributed by atoms with van der Waals surface area (Å²) in [6, 6.07) is 26.2. The summed E-state index contributed by atoms with van der Waals surface area (Å²) in [4.78, 5) is 12.4. The minimum absolute atomic E-state index is 0.187. The van der Waals surface area contributed by atoms with Gasteiger partial charge in [0.25, 0.3) is 0 Å². The van der Waals surface area contributed by atoms with Gasteiger partial charge in [0.15, 0.2) is 9.84 Å². The molecule has 29 heavy (non-hydrogen) atoms. The lowest BCUT2D eigenvalue weighted by molar-refractivity contribution is 0.252. The molecule has 0 bridgehead atoms. The monoisotopic (exact) mass is 408 g/mol. The molecule has 0 spiro atoms. The second-order valence-corrected chi connectivity index (χ2v) is 8.86. The van der Waals surface area contributed by atoms with Crippen molar-refractivity contribution in [3.8, 4) is 0 Å². The minimum Gasteiger partial charge on any atom is -0.338 e. The van der Waals surface area contributed by atoms with Crippen LogP contribution in [0.15, 0.2) is 89.8 Å². The van der Waals surface area contributed by atoms with Crippen molar-refractivity contribution in [1.82, 2.24) is 5.32 Å². The van der Waals surface area contributed by atoms with Gasteiger partial charge in [-0.05, 0) is 41.8 Å². The molecule has 0 heterocycles. The molecule has 0 aliphatic rings. The van der Waals surface area contributed by atoms with E-state index in [2.05, 4.69) is 34.9 Å². The molecule has 2 N–H and O–H groups in total. The Balaban J connectivity index is 1.59. The van der Waals surface area contributed by atoms with Gasteiger partial charge in [0.1, 0.15) is 0 Å². The zero-order valence-electron chi connectivity index (χ0n) is 16.2. The highest BCUT2D eigenvalue weighted by atomic mass is 32.2. The number of amides is 2. The van der Waals surface area contributed by atoms with Gasteiger partial charge in [0, 0.05) is 24.4 Å². The number of urea groups is 1. The van der Waals surface area contributed by atoms with E-state index in [1.165, 1.54) is 23.3 Å². The molecular weight excluding hydrogens is 384 g/mol. The van der Waals surface area contributed by atoms with Crippen molar-refractivity contribution in [3.05, 3.63) is 96.1 Å². The molecule has 0 aliphatic heterocycles. The zero-order chi connectivity index (χ0) is 20.7. The van der Waals surface area contributed by atoms with Crippen molar-refractivity contribution < 1.29 is 13.2 Å². The van der Waals surface area contributed by atoms with E-state index in [4.69, 9.17) is 0 Å². The van der Waals surface area contributed by atoms with Crippen LogP contribution in [0.25, 0.3) is 0 Å². The number of carbonyl (C=O) groups is 1. The van der Waals surface area contributed by atoms with Crippen LogP contribution in [0.5, 0.6) is 0 Å². The van der Waals surface area contributed by atoms with Crippen LogP contribution in [0.2, 0.25) is 0 Å². The molecule has 0 aromatic heterocycles. The summed E-state index contributed by atoms with van der Waals surface area (Å²) in [5.74, 6) is 0.187.